The van der Waals surface area contributed by atoms with Gasteiger partial charge < -0.3 is 15.2 Å². The van der Waals surface area contributed by atoms with Gasteiger partial charge >= 0.3 is 0 Å². The van der Waals surface area contributed by atoms with Crippen LogP contribution in [0.4, 0.5) is 5.69 Å². The largest absolute Gasteiger partial charge is 0.342 e. The molecule has 0 saturated carbocycles. The zero-order chi connectivity index (χ0) is 24.1. The molecule has 0 radical (unpaired) electrons. The molecule has 0 aliphatic rings. The molecule has 2 N–H and O–H groups in total. The number of hydrogen-bond acceptors (Lipinski definition) is 5. The summed E-state index contributed by atoms with van der Waals surface area (Å²) in [5.74, 6) is 0.598. The van der Waals surface area contributed by atoms with Crippen molar-refractivity contribution in [3.8, 4) is 0 Å². The van der Waals surface area contributed by atoms with Gasteiger partial charge in [0, 0.05) is 22.3 Å². The molecule has 3 rings (SSSR count). The third kappa shape index (κ3) is 6.03. The van der Waals surface area contributed by atoms with Crippen molar-refractivity contribution in [2.75, 3.05) is 11.1 Å². The van der Waals surface area contributed by atoms with Crippen LogP contribution >= 0.6 is 27.7 Å². The third-order valence-electron chi connectivity index (χ3n) is 5.28. The number of amides is 2. The zero-order valence-electron chi connectivity index (χ0n) is 19.4. The van der Waals surface area contributed by atoms with Crippen molar-refractivity contribution >= 4 is 45.2 Å². The summed E-state index contributed by atoms with van der Waals surface area (Å²) in [4.78, 5) is 25.3. The first-order valence-corrected chi connectivity index (χ1v) is 12.5. The molecule has 2 aromatic carbocycles. The van der Waals surface area contributed by atoms with E-state index in [4.69, 9.17) is 0 Å². The van der Waals surface area contributed by atoms with Gasteiger partial charge in [-0.1, -0.05) is 45.9 Å². The Morgan fingerprint density at radius 3 is 2.39 bits per heavy atom. The fourth-order valence-corrected chi connectivity index (χ4v) is 5.10. The molecule has 3 aromatic rings. The molecular formula is C24H28BrN5O2S. The van der Waals surface area contributed by atoms with Crippen molar-refractivity contribution in [2.45, 2.75) is 52.4 Å². The second-order valence-corrected chi connectivity index (χ2v) is 9.70. The van der Waals surface area contributed by atoms with E-state index in [9.17, 15) is 9.59 Å². The summed E-state index contributed by atoms with van der Waals surface area (Å²) in [5.41, 5.74) is 4.37. The highest BCUT2D eigenvalue weighted by molar-refractivity contribution is 9.10. The fraction of sp³-hybridized carbons (Fsp3) is 0.333. The number of hydrogen-bond donors (Lipinski definition) is 2. The standard InChI is InChI=1S/C24H28BrN5O2S/c1-6-30-22(17(5)26-23(32)19-10-8-7-9-14(19)2)28-29-24(30)33-13-20(31)27-21-15(3)11-18(25)12-16(21)4/h7-12,17H,6,13H2,1-5H3,(H,26,32)(H,27,31)/t17-/m0/s1. The first-order chi connectivity index (χ1) is 15.7. The fourth-order valence-electron chi connectivity index (χ4n) is 3.60. The van der Waals surface area contributed by atoms with Gasteiger partial charge in [0.2, 0.25) is 5.91 Å². The molecule has 0 unspecified atom stereocenters. The topological polar surface area (TPSA) is 88.9 Å². The molecule has 0 saturated heterocycles. The first-order valence-electron chi connectivity index (χ1n) is 10.7. The van der Waals surface area contributed by atoms with Gasteiger partial charge in [0.1, 0.15) is 0 Å². The second-order valence-electron chi connectivity index (χ2n) is 7.85. The van der Waals surface area contributed by atoms with Crippen LogP contribution in [0, 0.1) is 20.8 Å². The van der Waals surface area contributed by atoms with E-state index < -0.39 is 0 Å². The summed E-state index contributed by atoms with van der Waals surface area (Å²) in [7, 11) is 0. The number of thioether (sulfide) groups is 1. The number of carbonyl (C=O) groups excluding carboxylic acids is 2. The van der Waals surface area contributed by atoms with Crippen molar-refractivity contribution in [3.63, 3.8) is 0 Å². The molecule has 0 fully saturated rings. The lowest BCUT2D eigenvalue weighted by Crippen LogP contribution is -2.29. The van der Waals surface area contributed by atoms with Crippen LogP contribution in [-0.4, -0.2) is 32.3 Å². The summed E-state index contributed by atoms with van der Waals surface area (Å²) in [6, 6.07) is 11.1. The Hall–Kier alpha value is -2.65. The highest BCUT2D eigenvalue weighted by atomic mass is 79.9. The average Bonchev–Trinajstić information content (AvgIpc) is 3.18. The van der Waals surface area contributed by atoms with Crippen LogP contribution in [0.15, 0.2) is 46.0 Å². The highest BCUT2D eigenvalue weighted by Gasteiger charge is 2.21. The van der Waals surface area contributed by atoms with Gasteiger partial charge in [0.05, 0.1) is 11.8 Å². The SMILES string of the molecule is CCn1c(SCC(=O)Nc2c(C)cc(Br)cc2C)nnc1[C@H](C)NC(=O)c1ccccc1C. The minimum Gasteiger partial charge on any atom is -0.342 e. The molecule has 174 valence electrons. The Kier molecular flexibility index (Phi) is 8.31. The number of aryl methyl sites for hydroxylation is 3. The van der Waals surface area contributed by atoms with Crippen LogP contribution in [0.1, 0.15) is 52.8 Å². The smallest absolute Gasteiger partial charge is 0.252 e. The monoisotopic (exact) mass is 529 g/mol. The number of aromatic nitrogens is 3. The van der Waals surface area contributed by atoms with E-state index in [1.54, 1.807) is 6.07 Å². The van der Waals surface area contributed by atoms with Gasteiger partial charge in [-0.25, -0.2) is 0 Å². The Bertz CT molecular complexity index is 1150. The minimum absolute atomic E-state index is 0.110. The van der Waals surface area contributed by atoms with Crippen LogP contribution < -0.4 is 10.6 Å². The Labute approximate surface area is 206 Å². The lowest BCUT2D eigenvalue weighted by molar-refractivity contribution is -0.113. The minimum atomic E-state index is -0.333. The molecule has 1 heterocycles. The van der Waals surface area contributed by atoms with E-state index in [2.05, 4.69) is 36.8 Å². The van der Waals surface area contributed by atoms with Gasteiger partial charge in [-0.2, -0.15) is 0 Å². The number of carbonyl (C=O) groups is 2. The van der Waals surface area contributed by atoms with E-state index >= 15 is 0 Å². The molecule has 7 nitrogen and oxygen atoms in total. The maximum atomic E-state index is 12.7. The number of benzene rings is 2. The maximum Gasteiger partial charge on any atom is 0.252 e. The molecule has 2 amide bonds. The molecule has 1 aromatic heterocycles. The summed E-state index contributed by atoms with van der Waals surface area (Å²) in [6.45, 7) is 10.3. The zero-order valence-corrected chi connectivity index (χ0v) is 21.8. The molecule has 1 atom stereocenters. The number of nitrogens with one attached hydrogen (secondary N) is 2. The molecule has 0 bridgehead atoms. The Balaban J connectivity index is 1.66. The average molecular weight is 530 g/mol. The van der Waals surface area contributed by atoms with Crippen LogP contribution in [0.5, 0.6) is 0 Å². The Morgan fingerprint density at radius 1 is 1.09 bits per heavy atom. The van der Waals surface area contributed by atoms with Crippen molar-refractivity contribution in [2.24, 2.45) is 0 Å². The summed E-state index contributed by atoms with van der Waals surface area (Å²) >= 11 is 4.80. The van der Waals surface area contributed by atoms with Crippen molar-refractivity contribution in [1.29, 1.82) is 0 Å². The van der Waals surface area contributed by atoms with Gasteiger partial charge in [-0.3, -0.25) is 9.59 Å². The quantitative estimate of drug-likeness (QED) is 0.391. The second kappa shape index (κ2) is 11.0. The third-order valence-corrected chi connectivity index (χ3v) is 6.71. The predicted octanol–water partition coefficient (Wildman–Crippen LogP) is 5.21. The van der Waals surface area contributed by atoms with Gasteiger partial charge in [-0.15, -0.1) is 10.2 Å². The van der Waals surface area contributed by atoms with Gasteiger partial charge in [0.15, 0.2) is 11.0 Å². The van der Waals surface area contributed by atoms with Gasteiger partial charge in [-0.05, 0) is 69.5 Å². The number of rotatable bonds is 8. The molecule has 0 aliphatic carbocycles. The molecule has 9 heteroatoms. The van der Waals surface area contributed by atoms with E-state index in [1.165, 1.54) is 11.8 Å². The van der Waals surface area contributed by atoms with E-state index in [0.717, 1.165) is 26.9 Å². The summed E-state index contributed by atoms with van der Waals surface area (Å²) in [6.07, 6.45) is 0. The summed E-state index contributed by atoms with van der Waals surface area (Å²) in [5, 5.41) is 15.2. The molecule has 33 heavy (non-hydrogen) atoms. The lowest BCUT2D eigenvalue weighted by atomic mass is 10.1. The van der Waals surface area contributed by atoms with Crippen LogP contribution in [0.25, 0.3) is 0 Å². The van der Waals surface area contributed by atoms with Crippen molar-refractivity contribution in [1.82, 2.24) is 20.1 Å². The normalized spacial score (nSPS) is 11.8. The van der Waals surface area contributed by atoms with Crippen molar-refractivity contribution in [3.05, 3.63) is 68.9 Å². The Morgan fingerprint density at radius 2 is 1.76 bits per heavy atom. The maximum absolute atomic E-state index is 12.7. The number of nitrogens with zero attached hydrogens (tertiary/aromatic N) is 3. The molecule has 0 spiro atoms. The summed E-state index contributed by atoms with van der Waals surface area (Å²) < 4.78 is 2.91. The van der Waals surface area contributed by atoms with Crippen LogP contribution in [-0.2, 0) is 11.3 Å². The first kappa shape index (κ1) is 25.0. The number of halogens is 1. The van der Waals surface area contributed by atoms with E-state index in [1.807, 2.05) is 69.5 Å². The van der Waals surface area contributed by atoms with Crippen LogP contribution in [0.2, 0.25) is 0 Å². The van der Waals surface area contributed by atoms with E-state index in [0.29, 0.717) is 23.1 Å². The lowest BCUT2D eigenvalue weighted by Gasteiger charge is -2.16. The van der Waals surface area contributed by atoms with E-state index in [-0.39, 0.29) is 23.6 Å². The van der Waals surface area contributed by atoms with Crippen molar-refractivity contribution < 1.29 is 9.59 Å². The highest BCUT2D eigenvalue weighted by Crippen LogP contribution is 2.26. The van der Waals surface area contributed by atoms with Gasteiger partial charge in [0.25, 0.3) is 5.91 Å². The number of anilines is 1. The molecule has 0 aliphatic heterocycles. The predicted molar refractivity (Wildman–Crippen MR) is 136 cm³/mol. The van der Waals surface area contributed by atoms with Crippen LogP contribution in [0.3, 0.4) is 0 Å². The molecular weight excluding hydrogens is 502 g/mol.